The highest BCUT2D eigenvalue weighted by molar-refractivity contribution is 9.10. The van der Waals surface area contributed by atoms with Crippen LogP contribution in [0.4, 0.5) is 9.18 Å². The van der Waals surface area contributed by atoms with E-state index in [0.717, 1.165) is 18.2 Å². The molecule has 1 aliphatic rings. The highest BCUT2D eigenvalue weighted by Crippen LogP contribution is 2.38. The zero-order valence-corrected chi connectivity index (χ0v) is 22.1. The summed E-state index contributed by atoms with van der Waals surface area (Å²) in [5, 5.41) is -0.268. The van der Waals surface area contributed by atoms with Crippen molar-refractivity contribution in [1.29, 1.82) is 0 Å². The molecule has 0 bridgehead atoms. The van der Waals surface area contributed by atoms with Gasteiger partial charge in [-0.15, -0.1) is 0 Å². The lowest BCUT2D eigenvalue weighted by atomic mass is 10.1. The van der Waals surface area contributed by atoms with Gasteiger partial charge in [0.05, 0.1) is 11.5 Å². The number of benzene rings is 3. The molecule has 0 aromatic heterocycles. The molecule has 2 amide bonds. The van der Waals surface area contributed by atoms with Crippen molar-refractivity contribution in [2.75, 3.05) is 13.2 Å². The third-order valence-corrected chi connectivity index (χ3v) is 7.09. The van der Waals surface area contributed by atoms with E-state index >= 15 is 0 Å². The van der Waals surface area contributed by atoms with Gasteiger partial charge in [0.25, 0.3) is 11.1 Å². The molecule has 0 N–H and O–H groups in total. The number of ether oxygens (including phenoxy) is 2. The van der Waals surface area contributed by atoms with Gasteiger partial charge in [-0.25, -0.2) is 4.39 Å². The lowest BCUT2D eigenvalue weighted by Crippen LogP contribution is -2.29. The van der Waals surface area contributed by atoms with Crippen LogP contribution >= 0.6 is 27.7 Å². The van der Waals surface area contributed by atoms with Gasteiger partial charge in [-0.2, -0.15) is 0 Å². The second-order valence-corrected chi connectivity index (χ2v) is 9.94. The summed E-state index contributed by atoms with van der Waals surface area (Å²) >= 11 is 4.47. The van der Waals surface area contributed by atoms with E-state index in [-0.39, 0.29) is 23.6 Å². The maximum Gasteiger partial charge on any atom is 0.293 e. The van der Waals surface area contributed by atoms with E-state index in [1.165, 1.54) is 22.6 Å². The number of aryl methyl sites for hydroxylation is 1. The predicted octanol–water partition coefficient (Wildman–Crippen LogP) is 7.24. The normalized spacial score (nSPS) is 14.5. The molecule has 0 unspecified atom stereocenters. The minimum absolute atomic E-state index is 0.172. The van der Waals surface area contributed by atoms with Gasteiger partial charge in [-0.3, -0.25) is 14.5 Å². The Morgan fingerprint density at radius 2 is 1.72 bits per heavy atom. The number of imide groups is 1. The first-order valence-electron chi connectivity index (χ1n) is 11.6. The molecule has 1 fully saturated rings. The third-order valence-electron chi connectivity index (χ3n) is 5.50. The predicted molar refractivity (Wildman–Crippen MR) is 143 cm³/mol. The number of carbonyl (C=O) groups is 2. The van der Waals surface area contributed by atoms with Gasteiger partial charge in [-0.05, 0) is 78.6 Å². The summed E-state index contributed by atoms with van der Waals surface area (Å²) in [6.45, 7) is 2.81. The molecule has 3 aromatic rings. The molecule has 1 aliphatic heterocycles. The van der Waals surface area contributed by atoms with Gasteiger partial charge >= 0.3 is 0 Å². The number of rotatable bonds is 10. The summed E-state index contributed by atoms with van der Waals surface area (Å²) in [5.74, 6) is 0.352. The second kappa shape index (κ2) is 12.2. The van der Waals surface area contributed by atoms with Crippen molar-refractivity contribution in [2.45, 2.75) is 26.4 Å². The fourth-order valence-electron chi connectivity index (χ4n) is 3.75. The van der Waals surface area contributed by atoms with Crippen molar-refractivity contribution >= 4 is 44.9 Å². The first-order chi connectivity index (χ1) is 17.4. The fourth-order valence-corrected chi connectivity index (χ4v) is 5.04. The van der Waals surface area contributed by atoms with E-state index in [2.05, 4.69) is 15.9 Å². The van der Waals surface area contributed by atoms with Gasteiger partial charge in [0, 0.05) is 11.0 Å². The molecule has 0 spiro atoms. The van der Waals surface area contributed by atoms with Crippen molar-refractivity contribution in [2.24, 2.45) is 0 Å². The fraction of sp³-hybridized carbons (Fsp3) is 0.214. The van der Waals surface area contributed by atoms with Gasteiger partial charge in [0.15, 0.2) is 11.5 Å². The number of hydrogen-bond donors (Lipinski definition) is 0. The molecular formula is C28H25BrFNO4S. The zero-order valence-electron chi connectivity index (χ0n) is 19.7. The average molecular weight is 570 g/mol. The summed E-state index contributed by atoms with van der Waals surface area (Å²) in [7, 11) is 0. The number of carbonyl (C=O) groups excluding carboxylic acids is 2. The lowest BCUT2D eigenvalue weighted by molar-refractivity contribution is -0.122. The minimum Gasteiger partial charge on any atom is -0.490 e. The minimum atomic E-state index is -0.327. The Balaban J connectivity index is 1.47. The largest absolute Gasteiger partial charge is 0.490 e. The summed E-state index contributed by atoms with van der Waals surface area (Å²) in [6.07, 6.45) is 3.18. The van der Waals surface area contributed by atoms with Gasteiger partial charge < -0.3 is 9.47 Å². The average Bonchev–Trinajstić information content (AvgIpc) is 3.13. The summed E-state index contributed by atoms with van der Waals surface area (Å²) < 4.78 is 25.8. The van der Waals surface area contributed by atoms with Crippen LogP contribution in [0.2, 0.25) is 0 Å². The van der Waals surface area contributed by atoms with E-state index < -0.39 is 0 Å². The molecular weight excluding hydrogens is 545 g/mol. The van der Waals surface area contributed by atoms with Gasteiger partial charge in [0.1, 0.15) is 12.4 Å². The van der Waals surface area contributed by atoms with Crippen molar-refractivity contribution in [3.63, 3.8) is 0 Å². The van der Waals surface area contributed by atoms with Crippen molar-refractivity contribution < 1.29 is 23.5 Å². The Hall–Kier alpha value is -3.10. The molecule has 8 heteroatoms. The molecule has 36 heavy (non-hydrogen) atoms. The molecule has 0 aliphatic carbocycles. The van der Waals surface area contributed by atoms with Crippen LogP contribution in [-0.4, -0.2) is 29.2 Å². The van der Waals surface area contributed by atoms with Crippen LogP contribution in [0.25, 0.3) is 6.08 Å². The van der Waals surface area contributed by atoms with Crippen LogP contribution in [0.5, 0.6) is 11.5 Å². The molecule has 0 saturated carbocycles. The highest BCUT2D eigenvalue weighted by Gasteiger charge is 2.34. The first-order valence-corrected chi connectivity index (χ1v) is 13.2. The van der Waals surface area contributed by atoms with Crippen LogP contribution in [0.15, 0.2) is 76.1 Å². The first kappa shape index (κ1) is 26.0. The molecule has 4 rings (SSSR count). The maximum absolute atomic E-state index is 13.5. The van der Waals surface area contributed by atoms with Crippen molar-refractivity contribution in [3.8, 4) is 11.5 Å². The van der Waals surface area contributed by atoms with E-state index in [9.17, 15) is 14.0 Å². The summed E-state index contributed by atoms with van der Waals surface area (Å²) in [4.78, 5) is 27.1. The molecule has 1 saturated heterocycles. The van der Waals surface area contributed by atoms with Crippen LogP contribution < -0.4 is 9.47 Å². The van der Waals surface area contributed by atoms with E-state index in [4.69, 9.17) is 9.47 Å². The molecule has 3 aromatic carbocycles. The number of hydrogen-bond acceptors (Lipinski definition) is 5. The van der Waals surface area contributed by atoms with Crippen LogP contribution in [0, 0.1) is 5.82 Å². The van der Waals surface area contributed by atoms with Crippen LogP contribution in [0.3, 0.4) is 0 Å². The van der Waals surface area contributed by atoms with E-state index in [1.54, 1.807) is 30.3 Å². The Morgan fingerprint density at radius 3 is 2.47 bits per heavy atom. The molecule has 0 radical (unpaired) electrons. The van der Waals surface area contributed by atoms with Gasteiger partial charge in [0.2, 0.25) is 0 Å². The second-order valence-electron chi connectivity index (χ2n) is 8.09. The number of thioether (sulfide) groups is 1. The zero-order chi connectivity index (χ0) is 25.5. The lowest BCUT2D eigenvalue weighted by Gasteiger charge is -2.14. The number of halogens is 2. The Morgan fingerprint density at radius 1 is 0.972 bits per heavy atom. The van der Waals surface area contributed by atoms with Crippen molar-refractivity contribution in [3.05, 3.63) is 98.6 Å². The standard InChI is InChI=1S/C28H25BrFNO4S/c1-2-34-24-15-21(23(29)17-25(24)35-18-20-10-6-12-22(30)14-20)16-26-27(32)31(28(33)36-26)13-7-11-19-8-4-3-5-9-19/h3-6,8-10,12,14-17H,2,7,11,13,18H2,1H3/b26-16+. The Kier molecular flexibility index (Phi) is 8.83. The van der Waals surface area contributed by atoms with Gasteiger partial charge in [-0.1, -0.05) is 58.4 Å². The van der Waals surface area contributed by atoms with E-state index in [0.29, 0.717) is 51.6 Å². The molecule has 0 atom stereocenters. The van der Waals surface area contributed by atoms with E-state index in [1.807, 2.05) is 37.3 Å². The Bertz CT molecular complexity index is 1280. The molecule has 1 heterocycles. The van der Waals surface area contributed by atoms with Crippen LogP contribution in [0.1, 0.15) is 30.0 Å². The van der Waals surface area contributed by atoms with Crippen LogP contribution in [-0.2, 0) is 17.8 Å². The summed E-state index contributed by atoms with van der Waals surface area (Å²) in [6, 6.07) is 19.7. The SMILES string of the molecule is CCOc1cc(/C=C2/SC(=O)N(CCCc3ccccc3)C2=O)c(Br)cc1OCc1cccc(F)c1. The number of amides is 2. The maximum atomic E-state index is 13.5. The highest BCUT2D eigenvalue weighted by atomic mass is 79.9. The topological polar surface area (TPSA) is 55.8 Å². The summed E-state index contributed by atoms with van der Waals surface area (Å²) in [5.41, 5.74) is 2.55. The monoisotopic (exact) mass is 569 g/mol. The smallest absolute Gasteiger partial charge is 0.293 e. The van der Waals surface area contributed by atoms with Crippen molar-refractivity contribution in [1.82, 2.24) is 4.90 Å². The Labute approximate surface area is 222 Å². The molecule has 186 valence electrons. The quantitative estimate of drug-likeness (QED) is 0.241. The molecule has 5 nitrogen and oxygen atoms in total. The third kappa shape index (κ3) is 6.56. The number of nitrogens with zero attached hydrogens (tertiary/aromatic N) is 1.